The van der Waals surface area contributed by atoms with Crippen molar-refractivity contribution in [3.05, 3.63) is 52.9 Å². The molecule has 166 valence electrons. The summed E-state index contributed by atoms with van der Waals surface area (Å²) in [6, 6.07) is 7.66. The van der Waals surface area contributed by atoms with Crippen LogP contribution in [0.3, 0.4) is 0 Å². The number of β-amino-alcohol motifs (C(OH)–C–C–N with tert-alkyl or cyclic N) is 1. The molecule has 1 saturated heterocycles. The number of aromatic nitrogens is 1. The van der Waals surface area contributed by atoms with Gasteiger partial charge in [0.05, 0.1) is 25.3 Å². The quantitative estimate of drug-likeness (QED) is 0.611. The summed E-state index contributed by atoms with van der Waals surface area (Å²) >= 11 is 0. The molecule has 3 amide bonds. The van der Waals surface area contributed by atoms with Gasteiger partial charge in [0.25, 0.3) is 5.91 Å². The zero-order chi connectivity index (χ0) is 22.5. The highest BCUT2D eigenvalue weighted by atomic mass is 16.7. The Kier molecular flexibility index (Phi) is 7.03. The lowest BCUT2D eigenvalue weighted by molar-refractivity contribution is -0.138. The number of hydrogen-bond donors (Lipinski definition) is 2. The van der Waals surface area contributed by atoms with Crippen molar-refractivity contribution in [2.24, 2.45) is 0 Å². The van der Waals surface area contributed by atoms with Crippen LogP contribution in [-0.4, -0.2) is 70.8 Å². The highest BCUT2D eigenvalue weighted by molar-refractivity contribution is 5.93. The van der Waals surface area contributed by atoms with Crippen molar-refractivity contribution in [3.8, 4) is 0 Å². The maximum absolute atomic E-state index is 12.7. The molecule has 1 aliphatic rings. The van der Waals surface area contributed by atoms with Crippen LogP contribution >= 0.6 is 0 Å². The summed E-state index contributed by atoms with van der Waals surface area (Å²) in [6.07, 6.45) is -0.619. The predicted octanol–water partition coefficient (Wildman–Crippen LogP) is 0.437. The first-order valence-electron chi connectivity index (χ1n) is 9.87. The molecule has 3 rings (SSSR count). The summed E-state index contributed by atoms with van der Waals surface area (Å²) in [5.41, 5.74) is 1.91. The van der Waals surface area contributed by atoms with E-state index in [1.165, 1.54) is 19.1 Å². The van der Waals surface area contributed by atoms with Crippen LogP contribution in [-0.2, 0) is 27.4 Å². The zero-order valence-electron chi connectivity index (χ0n) is 17.7. The van der Waals surface area contributed by atoms with Crippen LogP contribution in [0.1, 0.15) is 33.8 Å². The number of aliphatic hydroxyl groups excluding tert-OH is 1. The van der Waals surface area contributed by atoms with Gasteiger partial charge in [-0.3, -0.25) is 19.2 Å². The molecule has 2 heterocycles. The molecular formula is C21H26N4O6. The van der Waals surface area contributed by atoms with Crippen LogP contribution in [0.15, 0.2) is 34.9 Å². The molecule has 10 nitrogen and oxygen atoms in total. The Hall–Kier alpha value is -3.24. The largest absolute Gasteiger partial charge is 0.391 e. The number of hydroxylamine groups is 2. The fourth-order valence-corrected chi connectivity index (χ4v) is 3.43. The van der Waals surface area contributed by atoms with Gasteiger partial charge < -0.3 is 19.8 Å². The second kappa shape index (κ2) is 9.71. The minimum Gasteiger partial charge on any atom is -0.391 e. The lowest BCUT2D eigenvalue weighted by Crippen LogP contribution is -2.46. The molecule has 2 unspecified atom stereocenters. The predicted molar refractivity (Wildman–Crippen MR) is 108 cm³/mol. The molecule has 1 fully saturated rings. The molecule has 0 bridgehead atoms. The van der Waals surface area contributed by atoms with Crippen molar-refractivity contribution >= 4 is 17.7 Å². The van der Waals surface area contributed by atoms with Crippen molar-refractivity contribution in [1.29, 1.82) is 0 Å². The number of nitrogens with zero attached hydrogens (tertiary/aromatic N) is 3. The van der Waals surface area contributed by atoms with Crippen molar-refractivity contribution in [3.63, 3.8) is 0 Å². The number of aliphatic hydroxyl groups is 1. The van der Waals surface area contributed by atoms with Gasteiger partial charge in [-0.1, -0.05) is 17.3 Å². The highest BCUT2D eigenvalue weighted by Crippen LogP contribution is 2.20. The van der Waals surface area contributed by atoms with E-state index in [1.54, 1.807) is 37.3 Å². The fraction of sp³-hybridized carbons (Fsp3) is 0.429. The number of nitrogens with one attached hydrogen (secondary N) is 1. The van der Waals surface area contributed by atoms with Gasteiger partial charge in [0.2, 0.25) is 11.8 Å². The maximum atomic E-state index is 12.7. The number of benzene rings is 1. The molecule has 0 aliphatic carbocycles. The first kappa shape index (κ1) is 22.4. The first-order valence-corrected chi connectivity index (χ1v) is 9.87. The second-order valence-corrected chi connectivity index (χ2v) is 7.46. The lowest BCUT2D eigenvalue weighted by atomic mass is 10.1. The number of carbonyl (C=O) groups excluding carboxylic acids is 3. The maximum Gasteiger partial charge on any atom is 0.277 e. The monoisotopic (exact) mass is 430 g/mol. The molecule has 1 aromatic carbocycles. The summed E-state index contributed by atoms with van der Waals surface area (Å²) in [7, 11) is 2.92. The molecule has 1 aromatic heterocycles. The van der Waals surface area contributed by atoms with Gasteiger partial charge in [-0.25, -0.2) is 5.06 Å². The molecule has 1 aliphatic heterocycles. The number of likely N-dealkylation sites (tertiary alicyclic amines) is 1. The van der Waals surface area contributed by atoms with Crippen molar-refractivity contribution < 1.29 is 28.9 Å². The van der Waals surface area contributed by atoms with E-state index in [0.29, 0.717) is 17.0 Å². The van der Waals surface area contributed by atoms with Crippen LogP contribution < -0.4 is 5.32 Å². The number of rotatable bonds is 7. The molecule has 0 spiro atoms. The summed E-state index contributed by atoms with van der Waals surface area (Å²) in [4.78, 5) is 43.6. The number of aryl methyl sites for hydroxylation is 1. The summed E-state index contributed by atoms with van der Waals surface area (Å²) in [5, 5.41) is 17.7. The van der Waals surface area contributed by atoms with E-state index in [-0.39, 0.29) is 43.7 Å². The molecule has 10 heteroatoms. The van der Waals surface area contributed by atoms with E-state index < -0.39 is 12.1 Å². The van der Waals surface area contributed by atoms with Crippen LogP contribution in [0, 0.1) is 6.92 Å². The zero-order valence-corrected chi connectivity index (χ0v) is 17.7. The third-order valence-corrected chi connectivity index (χ3v) is 5.13. The Bertz CT molecular complexity index is 942. The van der Waals surface area contributed by atoms with Gasteiger partial charge in [-0.15, -0.1) is 0 Å². The molecule has 0 radical (unpaired) electrons. The van der Waals surface area contributed by atoms with Crippen LogP contribution in [0.4, 0.5) is 0 Å². The molecule has 2 aromatic rings. The highest BCUT2D eigenvalue weighted by Gasteiger charge is 2.38. The number of carbonyl (C=O) groups is 3. The van der Waals surface area contributed by atoms with Crippen LogP contribution in [0.5, 0.6) is 0 Å². The Balaban J connectivity index is 1.58. The SMILES string of the molecule is CON(C)C(=O)c1ccc(CNC(=O)C2CC(O)CN2C(=O)Cc2cc(C)no2)cc1. The van der Waals surface area contributed by atoms with Crippen molar-refractivity contribution in [2.75, 3.05) is 20.7 Å². The summed E-state index contributed by atoms with van der Waals surface area (Å²) in [5.74, 6) is -0.526. The number of hydrogen-bond acceptors (Lipinski definition) is 7. The normalized spacial score (nSPS) is 18.1. The Labute approximate surface area is 179 Å². The van der Waals surface area contributed by atoms with E-state index in [2.05, 4.69) is 10.5 Å². The van der Waals surface area contributed by atoms with Crippen molar-refractivity contribution in [1.82, 2.24) is 20.4 Å². The Morgan fingerprint density at radius 2 is 2.03 bits per heavy atom. The average molecular weight is 430 g/mol. The molecular weight excluding hydrogens is 404 g/mol. The van der Waals surface area contributed by atoms with Gasteiger partial charge in [0.15, 0.2) is 0 Å². The molecule has 2 atom stereocenters. The minimum absolute atomic E-state index is 0.0250. The standard InChI is InChI=1S/C21H26N4O6/c1-13-8-17(31-23-13)10-19(27)25-12-16(26)9-18(25)20(28)22-11-14-4-6-15(7-5-14)21(29)24(2)30-3/h4-8,16,18,26H,9-12H2,1-3H3,(H,22,28). The van der Waals surface area contributed by atoms with E-state index in [1.807, 2.05) is 0 Å². The van der Waals surface area contributed by atoms with Crippen LogP contribution in [0.25, 0.3) is 0 Å². The Morgan fingerprint density at radius 3 is 2.65 bits per heavy atom. The molecule has 0 saturated carbocycles. The van der Waals surface area contributed by atoms with Gasteiger partial charge in [-0.05, 0) is 24.6 Å². The smallest absolute Gasteiger partial charge is 0.277 e. The lowest BCUT2D eigenvalue weighted by Gasteiger charge is -2.23. The first-order chi connectivity index (χ1) is 14.8. The third kappa shape index (κ3) is 5.47. The van der Waals surface area contributed by atoms with Gasteiger partial charge >= 0.3 is 0 Å². The molecule has 2 N–H and O–H groups in total. The summed E-state index contributed by atoms with van der Waals surface area (Å²) in [6.45, 7) is 2.07. The number of amides is 3. The summed E-state index contributed by atoms with van der Waals surface area (Å²) < 4.78 is 5.08. The van der Waals surface area contributed by atoms with Crippen LogP contribution in [0.2, 0.25) is 0 Å². The van der Waals surface area contributed by atoms with Gasteiger partial charge in [-0.2, -0.15) is 0 Å². The van der Waals surface area contributed by atoms with E-state index in [0.717, 1.165) is 10.6 Å². The van der Waals surface area contributed by atoms with Gasteiger partial charge in [0, 0.05) is 38.2 Å². The van der Waals surface area contributed by atoms with E-state index in [4.69, 9.17) is 9.36 Å². The van der Waals surface area contributed by atoms with Gasteiger partial charge in [0.1, 0.15) is 11.8 Å². The average Bonchev–Trinajstić information content (AvgIpc) is 3.36. The minimum atomic E-state index is -0.765. The fourth-order valence-electron chi connectivity index (χ4n) is 3.43. The van der Waals surface area contributed by atoms with E-state index in [9.17, 15) is 19.5 Å². The Morgan fingerprint density at radius 1 is 1.32 bits per heavy atom. The second-order valence-electron chi connectivity index (χ2n) is 7.46. The topological polar surface area (TPSA) is 125 Å². The van der Waals surface area contributed by atoms with Crippen molar-refractivity contribution in [2.45, 2.75) is 38.5 Å². The van der Waals surface area contributed by atoms with E-state index >= 15 is 0 Å². The third-order valence-electron chi connectivity index (χ3n) is 5.13. The molecule has 31 heavy (non-hydrogen) atoms.